The molecule has 1 aliphatic heterocycles. The molecular weight excluding hydrogens is 278 g/mol. The molecule has 0 aromatic carbocycles. The lowest BCUT2D eigenvalue weighted by molar-refractivity contribution is 0.0198. The largest absolute Gasteiger partial charge is 0.444 e. The first-order valence-electron chi connectivity index (χ1n) is 6.74. The van der Waals surface area contributed by atoms with Crippen LogP contribution in [0.25, 0.3) is 0 Å². The van der Waals surface area contributed by atoms with Gasteiger partial charge in [0, 0.05) is 19.0 Å². The number of piperidine rings is 1. The molecule has 2 heterocycles. The molecule has 0 unspecified atom stereocenters. The van der Waals surface area contributed by atoms with Crippen molar-refractivity contribution in [2.24, 2.45) is 0 Å². The zero-order valence-corrected chi connectivity index (χ0v) is 13.2. The summed E-state index contributed by atoms with van der Waals surface area (Å²) in [5.41, 5.74) is -0.451. The minimum Gasteiger partial charge on any atom is -0.444 e. The summed E-state index contributed by atoms with van der Waals surface area (Å²) in [6.45, 7) is 6.95. The Balaban J connectivity index is 1.87. The van der Waals surface area contributed by atoms with Gasteiger partial charge in [0.1, 0.15) is 5.60 Å². The molecule has 6 nitrogen and oxygen atoms in total. The van der Waals surface area contributed by atoms with Gasteiger partial charge < -0.3 is 14.1 Å². The summed E-state index contributed by atoms with van der Waals surface area (Å²) in [7, 11) is 0. The van der Waals surface area contributed by atoms with E-state index in [0.29, 0.717) is 24.2 Å². The van der Waals surface area contributed by atoms with E-state index in [2.05, 4.69) is 10.2 Å². The molecule has 0 bridgehead atoms. The van der Waals surface area contributed by atoms with Gasteiger partial charge in [-0.3, -0.25) is 0 Å². The lowest BCUT2D eigenvalue weighted by atomic mass is 9.97. The van der Waals surface area contributed by atoms with Gasteiger partial charge in [0.05, 0.1) is 0 Å². The van der Waals surface area contributed by atoms with Gasteiger partial charge in [0.25, 0.3) is 5.22 Å². The van der Waals surface area contributed by atoms with Crippen LogP contribution in [0.3, 0.4) is 0 Å². The molecule has 1 saturated heterocycles. The van der Waals surface area contributed by atoms with Crippen molar-refractivity contribution in [1.82, 2.24) is 15.1 Å². The minimum atomic E-state index is -0.451. The van der Waals surface area contributed by atoms with Gasteiger partial charge in [0.15, 0.2) is 0 Å². The summed E-state index contributed by atoms with van der Waals surface area (Å²) < 4.78 is 10.9. The molecule has 0 radical (unpaired) electrons. The van der Waals surface area contributed by atoms with Crippen LogP contribution in [0.4, 0.5) is 4.79 Å². The maximum Gasteiger partial charge on any atom is 0.410 e. The van der Waals surface area contributed by atoms with Gasteiger partial charge in [-0.2, -0.15) is 0 Å². The van der Waals surface area contributed by atoms with E-state index in [9.17, 15) is 4.79 Å². The van der Waals surface area contributed by atoms with Crippen LogP contribution in [0.5, 0.6) is 0 Å². The Labute approximate surface area is 123 Å². The minimum absolute atomic E-state index is 0.238. The first-order valence-corrected chi connectivity index (χ1v) is 7.97. The monoisotopic (exact) mass is 299 g/mol. The van der Waals surface area contributed by atoms with Crippen molar-refractivity contribution in [3.8, 4) is 0 Å². The quantitative estimate of drug-likeness (QED) is 0.782. The molecule has 7 heteroatoms. The van der Waals surface area contributed by atoms with E-state index >= 15 is 0 Å². The van der Waals surface area contributed by atoms with E-state index in [1.807, 2.05) is 27.0 Å². The summed E-state index contributed by atoms with van der Waals surface area (Å²) in [6.07, 6.45) is 3.32. The second kappa shape index (κ2) is 6.03. The third kappa shape index (κ3) is 3.88. The number of likely N-dealkylation sites (tertiary alicyclic amines) is 1. The van der Waals surface area contributed by atoms with Crippen LogP contribution < -0.4 is 0 Å². The van der Waals surface area contributed by atoms with Crippen LogP contribution in [-0.2, 0) is 4.74 Å². The van der Waals surface area contributed by atoms with Gasteiger partial charge in [0.2, 0.25) is 5.89 Å². The fourth-order valence-corrected chi connectivity index (χ4v) is 2.39. The molecule has 20 heavy (non-hydrogen) atoms. The highest BCUT2D eigenvalue weighted by molar-refractivity contribution is 7.98. The Hall–Kier alpha value is -1.24. The van der Waals surface area contributed by atoms with Crippen molar-refractivity contribution in [3.63, 3.8) is 0 Å². The molecule has 0 spiro atoms. The highest BCUT2D eigenvalue weighted by atomic mass is 32.2. The van der Waals surface area contributed by atoms with Crippen LogP contribution >= 0.6 is 11.8 Å². The zero-order chi connectivity index (χ0) is 14.8. The van der Waals surface area contributed by atoms with Crippen molar-refractivity contribution in [2.45, 2.75) is 50.4 Å². The number of carbonyl (C=O) groups is 1. The predicted molar refractivity (Wildman–Crippen MR) is 75.9 cm³/mol. The average molecular weight is 299 g/mol. The van der Waals surface area contributed by atoms with Crippen molar-refractivity contribution in [1.29, 1.82) is 0 Å². The van der Waals surface area contributed by atoms with Crippen LogP contribution in [0.1, 0.15) is 45.4 Å². The number of carbonyl (C=O) groups excluding carboxylic acids is 1. The maximum atomic E-state index is 12.0. The number of ether oxygens (including phenoxy) is 1. The highest BCUT2D eigenvalue weighted by Crippen LogP contribution is 2.29. The number of thioether (sulfide) groups is 1. The Morgan fingerprint density at radius 1 is 1.35 bits per heavy atom. The van der Waals surface area contributed by atoms with Crippen LogP contribution in [0.15, 0.2) is 9.64 Å². The SMILES string of the molecule is CSc1nnc(C2CCN(C(=O)OC(C)(C)C)CC2)o1. The number of hydrogen-bond acceptors (Lipinski definition) is 6. The number of aromatic nitrogens is 2. The molecule has 1 amide bonds. The molecule has 0 atom stereocenters. The van der Waals surface area contributed by atoms with Gasteiger partial charge >= 0.3 is 6.09 Å². The third-order valence-corrected chi connectivity index (χ3v) is 3.61. The Morgan fingerprint density at radius 2 is 2.00 bits per heavy atom. The molecular formula is C13H21N3O3S. The predicted octanol–water partition coefficient (Wildman–Crippen LogP) is 2.91. The topological polar surface area (TPSA) is 68.5 Å². The second-order valence-corrected chi connectivity index (χ2v) is 6.61. The molecule has 1 aliphatic rings. The van der Waals surface area contributed by atoms with E-state index in [4.69, 9.17) is 9.15 Å². The Morgan fingerprint density at radius 3 is 2.50 bits per heavy atom. The van der Waals surface area contributed by atoms with Crippen LogP contribution in [0.2, 0.25) is 0 Å². The van der Waals surface area contributed by atoms with Gasteiger partial charge in [-0.1, -0.05) is 11.8 Å². The van der Waals surface area contributed by atoms with Crippen molar-refractivity contribution < 1.29 is 13.9 Å². The van der Waals surface area contributed by atoms with Crippen LogP contribution in [0, 0.1) is 0 Å². The van der Waals surface area contributed by atoms with E-state index in [1.54, 1.807) is 4.90 Å². The van der Waals surface area contributed by atoms with Crippen LogP contribution in [-0.4, -0.2) is 46.1 Å². The molecule has 2 rings (SSSR count). The molecule has 0 aliphatic carbocycles. The molecule has 1 aromatic heterocycles. The zero-order valence-electron chi connectivity index (χ0n) is 12.4. The van der Waals surface area contributed by atoms with E-state index in [-0.39, 0.29) is 12.0 Å². The summed E-state index contributed by atoms with van der Waals surface area (Å²) in [5, 5.41) is 8.61. The summed E-state index contributed by atoms with van der Waals surface area (Å²) in [5.74, 6) is 0.917. The molecule has 0 saturated carbocycles. The lowest BCUT2D eigenvalue weighted by Crippen LogP contribution is -2.41. The first-order chi connectivity index (χ1) is 9.39. The summed E-state index contributed by atoms with van der Waals surface area (Å²) in [4.78, 5) is 13.7. The standard InChI is InChI=1S/C13H21N3O3S/c1-13(2,3)19-12(17)16-7-5-9(6-8-16)10-14-15-11(18-10)20-4/h9H,5-8H2,1-4H3. The van der Waals surface area contributed by atoms with Crippen molar-refractivity contribution in [2.75, 3.05) is 19.3 Å². The van der Waals surface area contributed by atoms with Gasteiger partial charge in [-0.05, 0) is 39.9 Å². The lowest BCUT2D eigenvalue weighted by Gasteiger charge is -2.32. The van der Waals surface area contributed by atoms with Gasteiger partial charge in [-0.15, -0.1) is 10.2 Å². The van der Waals surface area contributed by atoms with Crippen molar-refractivity contribution >= 4 is 17.9 Å². The smallest absolute Gasteiger partial charge is 0.410 e. The number of amides is 1. The van der Waals surface area contributed by atoms with E-state index in [0.717, 1.165) is 12.8 Å². The van der Waals surface area contributed by atoms with Crippen molar-refractivity contribution in [3.05, 3.63) is 5.89 Å². The molecule has 112 valence electrons. The fourth-order valence-electron chi connectivity index (χ4n) is 2.10. The summed E-state index contributed by atoms with van der Waals surface area (Å²) >= 11 is 1.44. The Kier molecular flexibility index (Phi) is 4.57. The van der Waals surface area contributed by atoms with E-state index in [1.165, 1.54) is 11.8 Å². The first kappa shape index (κ1) is 15.2. The number of rotatable bonds is 2. The number of nitrogens with zero attached hydrogens (tertiary/aromatic N) is 3. The highest BCUT2D eigenvalue weighted by Gasteiger charge is 2.29. The van der Waals surface area contributed by atoms with Gasteiger partial charge in [-0.25, -0.2) is 4.79 Å². The number of hydrogen-bond donors (Lipinski definition) is 0. The maximum absolute atomic E-state index is 12.0. The molecule has 1 fully saturated rings. The third-order valence-electron chi connectivity index (χ3n) is 3.09. The normalized spacial score (nSPS) is 17.3. The molecule has 0 N–H and O–H groups in total. The summed E-state index contributed by atoms with van der Waals surface area (Å²) in [6, 6.07) is 0. The Bertz CT molecular complexity index is 462. The fraction of sp³-hybridized carbons (Fsp3) is 0.769. The average Bonchev–Trinajstić information content (AvgIpc) is 2.85. The second-order valence-electron chi connectivity index (χ2n) is 5.85. The van der Waals surface area contributed by atoms with E-state index < -0.39 is 5.60 Å². The molecule has 1 aromatic rings.